The maximum atomic E-state index is 14.4. The van der Waals surface area contributed by atoms with Crippen LogP contribution in [0.5, 0.6) is 0 Å². The third-order valence-corrected chi connectivity index (χ3v) is 20.9. The monoisotopic (exact) mass is 598 g/mol. The SMILES string of the molecule is C=C1/C(=C\OCP(=O)(c2ccccc2)c2ccccc2)C[C@@H](O[Si](C)(C)C(C)(C)C)C[C@@H]1O[Si](C)(C)C(C)(C)C. The van der Waals surface area contributed by atoms with Gasteiger partial charge < -0.3 is 18.2 Å². The molecule has 0 heterocycles. The molecule has 220 valence electrons. The summed E-state index contributed by atoms with van der Waals surface area (Å²) in [6, 6.07) is 19.3. The zero-order valence-corrected chi connectivity index (χ0v) is 29.3. The first kappa shape index (κ1) is 32.8. The van der Waals surface area contributed by atoms with Crippen molar-refractivity contribution in [3.63, 3.8) is 0 Å². The maximum absolute atomic E-state index is 14.4. The van der Waals surface area contributed by atoms with E-state index in [9.17, 15) is 4.57 Å². The van der Waals surface area contributed by atoms with Gasteiger partial charge >= 0.3 is 0 Å². The van der Waals surface area contributed by atoms with Crippen LogP contribution in [0.15, 0.2) is 84.7 Å². The first-order valence-electron chi connectivity index (χ1n) is 14.4. The molecule has 0 aliphatic heterocycles. The number of hydrogen-bond acceptors (Lipinski definition) is 4. The van der Waals surface area contributed by atoms with Gasteiger partial charge in [0.05, 0.1) is 18.5 Å². The van der Waals surface area contributed by atoms with Gasteiger partial charge in [-0.25, -0.2) is 0 Å². The van der Waals surface area contributed by atoms with Crippen molar-refractivity contribution in [3.8, 4) is 0 Å². The Morgan fingerprint density at radius 3 is 1.73 bits per heavy atom. The van der Waals surface area contributed by atoms with Crippen LogP contribution in [0.3, 0.4) is 0 Å². The largest absolute Gasteiger partial charge is 0.493 e. The van der Waals surface area contributed by atoms with Crippen LogP contribution in [0, 0.1) is 0 Å². The Balaban J connectivity index is 1.92. The van der Waals surface area contributed by atoms with Gasteiger partial charge in [-0.2, -0.15) is 0 Å². The van der Waals surface area contributed by atoms with Gasteiger partial charge in [0, 0.05) is 23.5 Å². The molecule has 0 radical (unpaired) electrons. The molecule has 40 heavy (non-hydrogen) atoms. The number of ether oxygens (including phenoxy) is 1. The smallest absolute Gasteiger partial charge is 0.192 e. The van der Waals surface area contributed by atoms with Gasteiger partial charge in [-0.15, -0.1) is 0 Å². The van der Waals surface area contributed by atoms with Crippen LogP contribution >= 0.6 is 7.14 Å². The Bertz CT molecular complexity index is 1180. The van der Waals surface area contributed by atoms with E-state index in [1.54, 1.807) is 6.26 Å². The molecule has 0 spiro atoms. The molecule has 7 heteroatoms. The van der Waals surface area contributed by atoms with E-state index in [1.165, 1.54) is 0 Å². The summed E-state index contributed by atoms with van der Waals surface area (Å²) >= 11 is 0. The van der Waals surface area contributed by atoms with E-state index in [0.717, 1.165) is 28.2 Å². The van der Waals surface area contributed by atoms with Gasteiger partial charge in [0.1, 0.15) is 6.35 Å². The predicted octanol–water partition coefficient (Wildman–Crippen LogP) is 8.99. The molecule has 0 amide bonds. The Kier molecular flexibility index (Phi) is 10.1. The summed E-state index contributed by atoms with van der Waals surface area (Å²) in [7, 11) is -7.06. The van der Waals surface area contributed by atoms with Crippen LogP contribution in [-0.2, 0) is 18.2 Å². The maximum Gasteiger partial charge on any atom is 0.192 e. The minimum absolute atomic E-state index is 0.0195. The Morgan fingerprint density at radius 1 is 0.825 bits per heavy atom. The van der Waals surface area contributed by atoms with Crippen LogP contribution in [0.1, 0.15) is 54.4 Å². The van der Waals surface area contributed by atoms with Crippen molar-refractivity contribution < 1.29 is 18.2 Å². The first-order valence-corrected chi connectivity index (χ1v) is 22.1. The molecule has 1 aliphatic rings. The minimum Gasteiger partial charge on any atom is -0.493 e. The zero-order valence-electron chi connectivity index (χ0n) is 26.4. The van der Waals surface area contributed by atoms with Gasteiger partial charge in [-0.3, -0.25) is 0 Å². The van der Waals surface area contributed by atoms with Crippen molar-refractivity contribution in [2.75, 3.05) is 6.35 Å². The van der Waals surface area contributed by atoms with E-state index >= 15 is 0 Å². The van der Waals surface area contributed by atoms with Crippen LogP contribution in [-0.4, -0.2) is 35.2 Å². The summed E-state index contributed by atoms with van der Waals surface area (Å²) in [6.45, 7) is 27.3. The van der Waals surface area contributed by atoms with Gasteiger partial charge in [0.2, 0.25) is 0 Å². The lowest BCUT2D eigenvalue weighted by Crippen LogP contribution is -2.49. The number of hydrogen-bond donors (Lipinski definition) is 0. The fourth-order valence-corrected chi connectivity index (χ4v) is 9.24. The molecule has 0 aromatic heterocycles. The van der Waals surface area contributed by atoms with E-state index < -0.39 is 23.8 Å². The molecule has 0 unspecified atom stereocenters. The van der Waals surface area contributed by atoms with Gasteiger partial charge in [0.25, 0.3) is 0 Å². The van der Waals surface area contributed by atoms with E-state index in [-0.39, 0.29) is 28.6 Å². The summed E-state index contributed by atoms with van der Waals surface area (Å²) in [6.07, 6.45) is 3.26. The van der Waals surface area contributed by atoms with Crippen molar-refractivity contribution in [1.29, 1.82) is 0 Å². The summed E-state index contributed by atoms with van der Waals surface area (Å²) in [4.78, 5) is 0. The highest BCUT2D eigenvalue weighted by atomic mass is 31.2. The molecule has 1 aliphatic carbocycles. The molecule has 1 fully saturated rings. The van der Waals surface area contributed by atoms with Gasteiger partial charge in [-0.1, -0.05) is 109 Å². The van der Waals surface area contributed by atoms with Crippen molar-refractivity contribution >= 4 is 34.4 Å². The second-order valence-electron chi connectivity index (χ2n) is 14.2. The third-order valence-electron chi connectivity index (χ3n) is 9.06. The lowest BCUT2D eigenvalue weighted by molar-refractivity contribution is 0.0954. The molecule has 4 nitrogen and oxygen atoms in total. The minimum atomic E-state index is -3.00. The molecular weight excluding hydrogens is 548 g/mol. The highest BCUT2D eigenvalue weighted by molar-refractivity contribution is 7.78. The summed E-state index contributed by atoms with van der Waals surface area (Å²) in [5, 5.41) is 1.77. The highest BCUT2D eigenvalue weighted by Crippen LogP contribution is 2.46. The number of benzene rings is 2. The fraction of sp³-hybridized carbons (Fsp3) is 0.515. The van der Waals surface area contributed by atoms with E-state index in [2.05, 4.69) is 74.3 Å². The van der Waals surface area contributed by atoms with E-state index in [0.29, 0.717) is 6.42 Å². The lowest BCUT2D eigenvalue weighted by Gasteiger charge is -2.45. The summed E-state index contributed by atoms with van der Waals surface area (Å²) in [5.74, 6) is 0. The van der Waals surface area contributed by atoms with E-state index in [4.69, 9.17) is 13.6 Å². The average Bonchev–Trinajstić information content (AvgIpc) is 2.86. The summed E-state index contributed by atoms with van der Waals surface area (Å²) in [5.41, 5.74) is 1.94. The molecule has 2 aromatic carbocycles. The van der Waals surface area contributed by atoms with Crippen molar-refractivity contribution in [1.82, 2.24) is 0 Å². The van der Waals surface area contributed by atoms with Crippen LogP contribution in [0.4, 0.5) is 0 Å². The topological polar surface area (TPSA) is 44.8 Å². The molecule has 2 atom stereocenters. The molecular formula is C33H51O4PSi2. The number of rotatable bonds is 9. The van der Waals surface area contributed by atoms with Crippen molar-refractivity contribution in [2.24, 2.45) is 0 Å². The molecule has 0 bridgehead atoms. The molecule has 0 saturated heterocycles. The Hall–Kier alpha value is -1.70. The molecule has 0 N–H and O–H groups in total. The Labute approximate surface area is 245 Å². The molecule has 1 saturated carbocycles. The van der Waals surface area contributed by atoms with Crippen LogP contribution in [0.25, 0.3) is 0 Å². The van der Waals surface area contributed by atoms with Crippen molar-refractivity contribution in [3.05, 3.63) is 84.7 Å². The molecule has 3 rings (SSSR count). The lowest BCUT2D eigenvalue weighted by atomic mass is 9.87. The standard InChI is InChI=1S/C33H51O4PSi2/c1-26-27(24-35-25-38(34,29-18-14-12-15-19-29)30-20-16-13-17-21-30)22-28(36-39(8,9)32(2,3)4)23-31(26)37-40(10,11)33(5,6)7/h12-21,24,28,31H,1,22-23,25H2,2-11H3/b27-24-/t28-,31+/m1/s1. The third kappa shape index (κ3) is 7.57. The van der Waals surface area contributed by atoms with Gasteiger partial charge in [-0.05, 0) is 47.4 Å². The first-order chi connectivity index (χ1) is 18.4. The average molecular weight is 599 g/mol. The summed E-state index contributed by atoms with van der Waals surface area (Å²) < 4.78 is 34.5. The van der Waals surface area contributed by atoms with Crippen molar-refractivity contribution in [2.45, 2.75) is 103 Å². The zero-order chi connectivity index (χ0) is 30.0. The second-order valence-corrected chi connectivity index (χ2v) is 26.5. The predicted molar refractivity (Wildman–Crippen MR) is 176 cm³/mol. The highest BCUT2D eigenvalue weighted by Gasteiger charge is 2.44. The quantitative estimate of drug-likeness (QED) is 0.164. The van der Waals surface area contributed by atoms with E-state index in [1.807, 2.05) is 60.7 Å². The van der Waals surface area contributed by atoms with Gasteiger partial charge in [0.15, 0.2) is 23.8 Å². The fourth-order valence-electron chi connectivity index (χ4n) is 4.38. The second kappa shape index (κ2) is 12.3. The Morgan fingerprint density at radius 2 is 1.27 bits per heavy atom. The molecule has 2 aromatic rings. The van der Waals surface area contributed by atoms with Crippen LogP contribution < -0.4 is 10.6 Å². The van der Waals surface area contributed by atoms with Crippen LogP contribution in [0.2, 0.25) is 36.3 Å². The normalized spacial score (nSPS) is 20.6.